The SMILES string of the molecule is COC(=O)[C@@H]1CN(C(=O)COC(=O)c2ccc(Cl)c([N+](=O)[O-])c2)CCS1. The van der Waals surface area contributed by atoms with E-state index in [1.165, 1.54) is 35.9 Å². The molecule has 0 radical (unpaired) electrons. The second-order valence-electron chi connectivity index (χ2n) is 5.22. The quantitative estimate of drug-likeness (QED) is 0.413. The largest absolute Gasteiger partial charge is 0.468 e. The Balaban J connectivity index is 1.94. The van der Waals surface area contributed by atoms with Crippen molar-refractivity contribution in [1.29, 1.82) is 0 Å². The lowest BCUT2D eigenvalue weighted by Crippen LogP contribution is -2.46. The van der Waals surface area contributed by atoms with Crippen molar-refractivity contribution in [2.24, 2.45) is 0 Å². The average molecular weight is 403 g/mol. The number of hydrogen-bond donors (Lipinski definition) is 0. The maximum Gasteiger partial charge on any atom is 0.338 e. The van der Waals surface area contributed by atoms with Gasteiger partial charge in [-0.1, -0.05) is 11.6 Å². The predicted molar refractivity (Wildman–Crippen MR) is 93.2 cm³/mol. The van der Waals surface area contributed by atoms with Crippen LogP contribution in [0.15, 0.2) is 18.2 Å². The minimum Gasteiger partial charge on any atom is -0.468 e. The molecule has 1 aromatic rings. The van der Waals surface area contributed by atoms with Gasteiger partial charge in [0.15, 0.2) is 6.61 Å². The highest BCUT2D eigenvalue weighted by atomic mass is 35.5. The summed E-state index contributed by atoms with van der Waals surface area (Å²) in [7, 11) is 1.27. The summed E-state index contributed by atoms with van der Waals surface area (Å²) in [6.07, 6.45) is 0. The van der Waals surface area contributed by atoms with Gasteiger partial charge in [-0.2, -0.15) is 0 Å². The lowest BCUT2D eigenvalue weighted by molar-refractivity contribution is -0.384. The van der Waals surface area contributed by atoms with Gasteiger partial charge in [0.1, 0.15) is 10.3 Å². The molecular weight excluding hydrogens is 388 g/mol. The zero-order valence-corrected chi connectivity index (χ0v) is 15.2. The van der Waals surface area contributed by atoms with Crippen LogP contribution in [-0.4, -0.2) is 65.5 Å². The fourth-order valence-corrected chi connectivity index (χ4v) is 3.55. The van der Waals surface area contributed by atoms with E-state index in [1.54, 1.807) is 0 Å². The van der Waals surface area contributed by atoms with E-state index in [0.717, 1.165) is 6.07 Å². The second-order valence-corrected chi connectivity index (χ2v) is 6.94. The summed E-state index contributed by atoms with van der Waals surface area (Å²) in [5.74, 6) is -1.20. The number of thioether (sulfide) groups is 1. The maximum atomic E-state index is 12.2. The molecule has 1 aliphatic heterocycles. The number of hydrogen-bond acceptors (Lipinski definition) is 8. The third-order valence-electron chi connectivity index (χ3n) is 3.59. The van der Waals surface area contributed by atoms with Crippen LogP contribution in [0.3, 0.4) is 0 Å². The van der Waals surface area contributed by atoms with Crippen LogP contribution in [-0.2, 0) is 19.1 Å². The van der Waals surface area contributed by atoms with Crippen LogP contribution >= 0.6 is 23.4 Å². The molecule has 1 fully saturated rings. The fourth-order valence-electron chi connectivity index (χ4n) is 2.23. The molecule has 0 bridgehead atoms. The van der Waals surface area contributed by atoms with Gasteiger partial charge in [-0.05, 0) is 12.1 Å². The van der Waals surface area contributed by atoms with Crippen LogP contribution in [0, 0.1) is 10.1 Å². The highest BCUT2D eigenvalue weighted by Gasteiger charge is 2.30. The highest BCUT2D eigenvalue weighted by molar-refractivity contribution is 8.00. The molecule has 0 aliphatic carbocycles. The Morgan fingerprint density at radius 1 is 1.42 bits per heavy atom. The molecule has 1 saturated heterocycles. The Bertz CT molecular complexity index is 743. The predicted octanol–water partition coefficient (Wildman–Crippen LogP) is 1.52. The van der Waals surface area contributed by atoms with Crippen molar-refractivity contribution in [2.75, 3.05) is 32.6 Å². The number of nitro benzene ring substituents is 1. The standard InChI is InChI=1S/C15H15ClN2O7S/c1-24-15(21)12-7-17(4-5-26-12)13(19)8-25-14(20)9-2-3-10(16)11(6-9)18(22)23/h2-3,6,12H,4-5,7-8H2,1H3/t12-/m0/s1. The smallest absolute Gasteiger partial charge is 0.338 e. The van der Waals surface area contributed by atoms with Crippen molar-refractivity contribution in [3.8, 4) is 0 Å². The Morgan fingerprint density at radius 3 is 2.81 bits per heavy atom. The fraction of sp³-hybridized carbons (Fsp3) is 0.400. The van der Waals surface area contributed by atoms with Crippen molar-refractivity contribution in [2.45, 2.75) is 5.25 Å². The van der Waals surface area contributed by atoms with Crippen LogP contribution in [0.2, 0.25) is 5.02 Å². The third kappa shape index (κ3) is 4.85. The molecular formula is C15H15ClN2O7S. The van der Waals surface area contributed by atoms with E-state index in [-0.39, 0.29) is 17.1 Å². The third-order valence-corrected chi connectivity index (χ3v) is 5.07. The van der Waals surface area contributed by atoms with Gasteiger partial charge in [0.2, 0.25) is 0 Å². The van der Waals surface area contributed by atoms with E-state index in [9.17, 15) is 24.5 Å². The van der Waals surface area contributed by atoms with Gasteiger partial charge >= 0.3 is 11.9 Å². The van der Waals surface area contributed by atoms with Crippen molar-refractivity contribution < 1.29 is 28.8 Å². The lowest BCUT2D eigenvalue weighted by atomic mass is 10.2. The van der Waals surface area contributed by atoms with Gasteiger partial charge in [-0.25, -0.2) is 4.79 Å². The molecule has 0 aromatic heterocycles. The number of carbonyl (C=O) groups excluding carboxylic acids is 3. The van der Waals surface area contributed by atoms with E-state index in [1.807, 2.05) is 0 Å². The molecule has 1 aromatic carbocycles. The first-order valence-corrected chi connectivity index (χ1v) is 8.84. The number of amides is 1. The van der Waals surface area contributed by atoms with E-state index < -0.39 is 40.3 Å². The summed E-state index contributed by atoms with van der Waals surface area (Å²) < 4.78 is 9.59. The molecule has 26 heavy (non-hydrogen) atoms. The number of esters is 2. The number of nitro groups is 1. The first kappa shape index (κ1) is 20.0. The monoisotopic (exact) mass is 402 g/mol. The summed E-state index contributed by atoms with van der Waals surface area (Å²) in [6, 6.07) is 3.47. The van der Waals surface area contributed by atoms with Gasteiger partial charge in [0.25, 0.3) is 11.6 Å². The Kier molecular flexibility index (Phi) is 6.81. The number of methoxy groups -OCH3 is 1. The number of halogens is 1. The Labute approximate surface area is 157 Å². The first-order valence-electron chi connectivity index (χ1n) is 7.41. The molecule has 0 saturated carbocycles. The van der Waals surface area contributed by atoms with E-state index >= 15 is 0 Å². The molecule has 1 amide bonds. The number of rotatable bonds is 5. The summed E-state index contributed by atoms with van der Waals surface area (Å²) in [6.45, 7) is 0.0505. The zero-order chi connectivity index (χ0) is 19.3. The van der Waals surface area contributed by atoms with E-state index in [4.69, 9.17) is 16.3 Å². The topological polar surface area (TPSA) is 116 Å². The van der Waals surface area contributed by atoms with E-state index in [0.29, 0.717) is 12.3 Å². The van der Waals surface area contributed by atoms with Crippen molar-refractivity contribution in [1.82, 2.24) is 4.90 Å². The molecule has 11 heteroatoms. The molecule has 140 valence electrons. The second kappa shape index (κ2) is 8.86. The molecule has 0 spiro atoms. The van der Waals surface area contributed by atoms with Gasteiger partial charge in [-0.15, -0.1) is 11.8 Å². The molecule has 0 unspecified atom stereocenters. The van der Waals surface area contributed by atoms with Gasteiger partial charge in [0.05, 0.1) is 17.6 Å². The summed E-state index contributed by atoms with van der Waals surface area (Å²) >= 11 is 7.07. The van der Waals surface area contributed by atoms with Crippen molar-refractivity contribution >= 4 is 46.9 Å². The lowest BCUT2D eigenvalue weighted by Gasteiger charge is -2.30. The number of ether oxygens (including phenoxy) is 2. The first-order chi connectivity index (χ1) is 12.3. The summed E-state index contributed by atoms with van der Waals surface area (Å²) in [5, 5.41) is 10.3. The normalized spacial score (nSPS) is 16.7. The number of benzene rings is 1. The van der Waals surface area contributed by atoms with Crippen LogP contribution in [0.25, 0.3) is 0 Å². The van der Waals surface area contributed by atoms with Crippen molar-refractivity contribution in [3.05, 3.63) is 38.9 Å². The molecule has 2 rings (SSSR count). The maximum absolute atomic E-state index is 12.2. The zero-order valence-electron chi connectivity index (χ0n) is 13.7. The van der Waals surface area contributed by atoms with E-state index in [2.05, 4.69) is 4.74 Å². The summed E-state index contributed by atoms with van der Waals surface area (Å²) in [4.78, 5) is 47.3. The number of carbonyl (C=O) groups is 3. The van der Waals surface area contributed by atoms with Gasteiger partial charge in [-0.3, -0.25) is 19.7 Å². The Hall–Kier alpha value is -2.33. The molecule has 0 N–H and O–H groups in total. The van der Waals surface area contributed by atoms with Crippen LogP contribution in [0.5, 0.6) is 0 Å². The summed E-state index contributed by atoms with van der Waals surface area (Å²) in [5.41, 5.74) is -0.517. The minimum atomic E-state index is -0.881. The molecule has 9 nitrogen and oxygen atoms in total. The highest BCUT2D eigenvalue weighted by Crippen LogP contribution is 2.25. The minimum absolute atomic E-state index is 0.0875. The molecule has 1 aliphatic rings. The van der Waals surface area contributed by atoms with Gasteiger partial charge in [0, 0.05) is 24.9 Å². The molecule has 1 heterocycles. The van der Waals surface area contributed by atoms with Crippen LogP contribution in [0.4, 0.5) is 5.69 Å². The van der Waals surface area contributed by atoms with Crippen LogP contribution < -0.4 is 0 Å². The van der Waals surface area contributed by atoms with Crippen LogP contribution in [0.1, 0.15) is 10.4 Å². The van der Waals surface area contributed by atoms with Gasteiger partial charge < -0.3 is 14.4 Å². The Morgan fingerprint density at radius 2 is 2.15 bits per heavy atom. The molecule has 1 atom stereocenters. The average Bonchev–Trinajstić information content (AvgIpc) is 2.65. The van der Waals surface area contributed by atoms with Crippen molar-refractivity contribution in [3.63, 3.8) is 0 Å². The number of nitrogens with zero attached hydrogens (tertiary/aromatic N) is 2.